The zero-order chi connectivity index (χ0) is 20.8. The van der Waals surface area contributed by atoms with Gasteiger partial charge in [-0.05, 0) is 57.9 Å². The van der Waals surface area contributed by atoms with Crippen molar-refractivity contribution in [3.8, 4) is 5.69 Å². The van der Waals surface area contributed by atoms with Crippen molar-refractivity contribution < 1.29 is 14.7 Å². The Hall–Kier alpha value is -3.49. The van der Waals surface area contributed by atoms with Gasteiger partial charge in [0.1, 0.15) is 0 Å². The van der Waals surface area contributed by atoms with Crippen LogP contribution in [0.15, 0.2) is 36.5 Å². The van der Waals surface area contributed by atoms with E-state index in [1.807, 2.05) is 10.7 Å². The zero-order valence-corrected chi connectivity index (χ0v) is 16.5. The summed E-state index contributed by atoms with van der Waals surface area (Å²) in [6.07, 6.45) is 3.57. The van der Waals surface area contributed by atoms with Crippen LogP contribution in [-0.4, -0.2) is 41.8 Å². The van der Waals surface area contributed by atoms with Gasteiger partial charge in [0.2, 0.25) is 0 Å². The van der Waals surface area contributed by atoms with Gasteiger partial charge in [-0.25, -0.2) is 9.48 Å². The fourth-order valence-electron chi connectivity index (χ4n) is 3.12. The Kier molecular flexibility index (Phi) is 4.45. The number of nitrogens with zero attached hydrogens (tertiary/aromatic N) is 5. The second kappa shape index (κ2) is 6.84. The van der Waals surface area contributed by atoms with E-state index >= 15 is 0 Å². The average molecular weight is 394 g/mol. The van der Waals surface area contributed by atoms with Crippen molar-refractivity contribution in [2.45, 2.75) is 45.1 Å². The molecule has 1 aromatic carbocycles. The summed E-state index contributed by atoms with van der Waals surface area (Å²) in [5.74, 6) is -0.971. The number of hydrogen-bond donors (Lipinski definition) is 2. The van der Waals surface area contributed by atoms with Crippen LogP contribution in [0.1, 0.15) is 66.2 Å². The summed E-state index contributed by atoms with van der Waals surface area (Å²) in [7, 11) is 0. The minimum Gasteiger partial charge on any atom is -0.476 e. The third-order valence-corrected chi connectivity index (χ3v) is 4.68. The normalized spacial score (nSPS) is 14.0. The van der Waals surface area contributed by atoms with E-state index in [2.05, 4.69) is 41.5 Å². The predicted molar refractivity (Wildman–Crippen MR) is 105 cm³/mol. The van der Waals surface area contributed by atoms with Crippen molar-refractivity contribution in [2.24, 2.45) is 0 Å². The lowest BCUT2D eigenvalue weighted by Gasteiger charge is -2.22. The summed E-state index contributed by atoms with van der Waals surface area (Å²) in [6, 6.07) is 8.81. The molecule has 0 spiro atoms. The highest BCUT2D eigenvalue weighted by Crippen LogP contribution is 2.41. The molecule has 1 aliphatic rings. The summed E-state index contributed by atoms with van der Waals surface area (Å²) in [5, 5.41) is 23.8. The van der Waals surface area contributed by atoms with Crippen molar-refractivity contribution in [1.29, 1.82) is 0 Å². The fourth-order valence-corrected chi connectivity index (χ4v) is 3.12. The highest BCUT2D eigenvalue weighted by atomic mass is 16.4. The van der Waals surface area contributed by atoms with Gasteiger partial charge in [0.25, 0.3) is 5.91 Å². The third kappa shape index (κ3) is 3.89. The van der Waals surface area contributed by atoms with Crippen molar-refractivity contribution in [2.75, 3.05) is 5.32 Å². The van der Waals surface area contributed by atoms with Crippen LogP contribution in [0.4, 0.5) is 5.69 Å². The Balaban J connectivity index is 1.57. The number of aromatic carboxylic acids is 1. The fraction of sp³-hybridized carbons (Fsp3) is 0.350. The van der Waals surface area contributed by atoms with Gasteiger partial charge in [-0.15, -0.1) is 5.10 Å². The van der Waals surface area contributed by atoms with E-state index in [-0.39, 0.29) is 17.1 Å². The SMILES string of the molecule is CC(C)(C)n1nc(C(=O)Nc2cccc(-n3cc(C(=O)O)nn3)c2)cc1C1CC1. The Morgan fingerprint density at radius 2 is 1.93 bits per heavy atom. The lowest BCUT2D eigenvalue weighted by molar-refractivity contribution is 0.0690. The van der Waals surface area contributed by atoms with E-state index < -0.39 is 5.97 Å². The molecule has 2 aromatic heterocycles. The predicted octanol–water partition coefficient (Wildman–Crippen LogP) is 3.05. The van der Waals surface area contributed by atoms with Gasteiger partial charge in [-0.2, -0.15) is 5.10 Å². The topological polar surface area (TPSA) is 115 Å². The largest absolute Gasteiger partial charge is 0.476 e. The number of benzene rings is 1. The van der Waals surface area contributed by atoms with Gasteiger partial charge in [-0.3, -0.25) is 9.48 Å². The lowest BCUT2D eigenvalue weighted by Crippen LogP contribution is -2.25. The first kappa shape index (κ1) is 18.9. The minimum absolute atomic E-state index is 0.153. The molecule has 1 aliphatic carbocycles. The van der Waals surface area contributed by atoms with Gasteiger partial charge in [-0.1, -0.05) is 11.3 Å². The Morgan fingerprint density at radius 1 is 1.17 bits per heavy atom. The van der Waals surface area contributed by atoms with E-state index in [1.165, 1.54) is 10.9 Å². The van der Waals surface area contributed by atoms with Crippen LogP contribution in [0.2, 0.25) is 0 Å². The van der Waals surface area contributed by atoms with Crippen molar-refractivity contribution in [3.63, 3.8) is 0 Å². The smallest absolute Gasteiger partial charge is 0.358 e. The number of anilines is 1. The van der Waals surface area contributed by atoms with Crippen LogP contribution in [-0.2, 0) is 5.54 Å². The Labute approximate surface area is 167 Å². The zero-order valence-electron chi connectivity index (χ0n) is 16.5. The van der Waals surface area contributed by atoms with E-state index in [0.717, 1.165) is 18.5 Å². The average Bonchev–Trinajstić information content (AvgIpc) is 3.20. The molecule has 0 radical (unpaired) electrons. The van der Waals surface area contributed by atoms with Gasteiger partial charge < -0.3 is 10.4 Å². The molecule has 1 saturated carbocycles. The molecule has 150 valence electrons. The molecule has 0 aliphatic heterocycles. The van der Waals surface area contributed by atoms with E-state index in [0.29, 0.717) is 23.0 Å². The molecule has 0 bridgehead atoms. The first-order valence-corrected chi connectivity index (χ1v) is 9.40. The van der Waals surface area contributed by atoms with Crippen molar-refractivity contribution >= 4 is 17.6 Å². The number of carboxylic acid groups (broad SMARTS) is 1. The molecule has 1 amide bonds. The van der Waals surface area contributed by atoms with E-state index in [4.69, 9.17) is 5.11 Å². The summed E-state index contributed by atoms with van der Waals surface area (Å²) >= 11 is 0. The second-order valence-electron chi connectivity index (χ2n) is 8.17. The number of aromatic nitrogens is 5. The maximum Gasteiger partial charge on any atom is 0.358 e. The van der Waals surface area contributed by atoms with Crippen LogP contribution >= 0.6 is 0 Å². The van der Waals surface area contributed by atoms with E-state index in [9.17, 15) is 9.59 Å². The van der Waals surface area contributed by atoms with Crippen LogP contribution in [0.5, 0.6) is 0 Å². The highest BCUT2D eigenvalue weighted by molar-refractivity contribution is 6.03. The molecule has 1 fully saturated rings. The standard InChI is InChI=1S/C20H22N6O3/c1-20(2,3)26-17(12-7-8-12)10-15(23-26)18(27)21-13-5-4-6-14(9-13)25-11-16(19(28)29)22-24-25/h4-6,9-12H,7-8H2,1-3H3,(H,21,27)(H,28,29). The molecule has 0 saturated heterocycles. The van der Waals surface area contributed by atoms with Crippen LogP contribution < -0.4 is 5.32 Å². The molecular weight excluding hydrogens is 372 g/mol. The number of amides is 1. The molecular formula is C20H22N6O3. The minimum atomic E-state index is -1.15. The summed E-state index contributed by atoms with van der Waals surface area (Å²) < 4.78 is 3.29. The highest BCUT2D eigenvalue weighted by Gasteiger charge is 2.32. The van der Waals surface area contributed by atoms with E-state index in [1.54, 1.807) is 24.3 Å². The number of carbonyl (C=O) groups excluding carboxylic acids is 1. The molecule has 2 heterocycles. The second-order valence-corrected chi connectivity index (χ2v) is 8.17. The molecule has 3 aromatic rings. The van der Waals surface area contributed by atoms with Crippen LogP contribution in [0, 0.1) is 0 Å². The Morgan fingerprint density at radius 3 is 2.55 bits per heavy atom. The van der Waals surface area contributed by atoms with Gasteiger partial charge in [0, 0.05) is 17.3 Å². The summed E-state index contributed by atoms with van der Waals surface area (Å²) in [6.45, 7) is 6.21. The number of hydrogen-bond acceptors (Lipinski definition) is 5. The molecule has 0 atom stereocenters. The quantitative estimate of drug-likeness (QED) is 0.687. The molecule has 2 N–H and O–H groups in total. The van der Waals surface area contributed by atoms with Crippen molar-refractivity contribution in [3.05, 3.63) is 53.6 Å². The summed E-state index contributed by atoms with van der Waals surface area (Å²) in [4.78, 5) is 23.8. The Bertz CT molecular complexity index is 1090. The van der Waals surface area contributed by atoms with Gasteiger partial charge in [0.15, 0.2) is 11.4 Å². The first-order valence-electron chi connectivity index (χ1n) is 9.40. The summed E-state index contributed by atoms with van der Waals surface area (Å²) in [5.41, 5.74) is 2.26. The van der Waals surface area contributed by atoms with Crippen LogP contribution in [0.3, 0.4) is 0 Å². The molecule has 29 heavy (non-hydrogen) atoms. The van der Waals surface area contributed by atoms with Crippen molar-refractivity contribution in [1.82, 2.24) is 24.8 Å². The molecule has 9 heteroatoms. The first-order chi connectivity index (χ1) is 13.7. The molecule has 9 nitrogen and oxygen atoms in total. The molecule has 0 unspecified atom stereocenters. The lowest BCUT2D eigenvalue weighted by atomic mass is 10.1. The third-order valence-electron chi connectivity index (χ3n) is 4.68. The number of carbonyl (C=O) groups is 2. The van der Waals surface area contributed by atoms with Gasteiger partial charge in [0.05, 0.1) is 17.4 Å². The maximum absolute atomic E-state index is 12.8. The number of carboxylic acids is 1. The monoisotopic (exact) mass is 394 g/mol. The number of nitrogens with one attached hydrogen (secondary N) is 1. The maximum atomic E-state index is 12.8. The number of rotatable bonds is 5. The molecule has 4 rings (SSSR count). The van der Waals surface area contributed by atoms with Gasteiger partial charge >= 0.3 is 5.97 Å². The van der Waals surface area contributed by atoms with Crippen LogP contribution in [0.25, 0.3) is 5.69 Å².